The van der Waals surface area contributed by atoms with E-state index in [1.165, 1.54) is 7.11 Å². The molecule has 1 aromatic rings. The van der Waals surface area contributed by atoms with Gasteiger partial charge in [0.15, 0.2) is 12.4 Å². The number of hydrogen-bond donors (Lipinski definition) is 4. The van der Waals surface area contributed by atoms with Gasteiger partial charge >= 0.3 is 5.97 Å². The summed E-state index contributed by atoms with van der Waals surface area (Å²) in [4.78, 5) is 11.9. The molecular formula is C15H20O8. The summed E-state index contributed by atoms with van der Waals surface area (Å²) in [7, 11) is 1.19. The highest BCUT2D eigenvalue weighted by molar-refractivity contribution is 5.76. The van der Waals surface area contributed by atoms with E-state index in [9.17, 15) is 20.1 Å². The lowest BCUT2D eigenvalue weighted by Crippen LogP contribution is -2.59. The molecule has 8 nitrogen and oxygen atoms in total. The molecule has 8 heteroatoms. The molecule has 0 aromatic heterocycles. The normalized spacial score (nSPS) is 32.3. The van der Waals surface area contributed by atoms with E-state index in [4.69, 9.17) is 14.6 Å². The Hall–Kier alpha value is -1.55. The predicted molar refractivity (Wildman–Crippen MR) is 76.1 cm³/mol. The molecule has 128 valence electrons. The highest BCUT2D eigenvalue weighted by atomic mass is 16.7. The second-order valence-electron chi connectivity index (χ2n) is 5.15. The van der Waals surface area contributed by atoms with Gasteiger partial charge in [-0.15, -0.1) is 0 Å². The molecular weight excluding hydrogens is 308 g/mol. The first-order chi connectivity index (χ1) is 11.0. The molecule has 6 atom stereocenters. The first-order valence-corrected chi connectivity index (χ1v) is 7.08. The quantitative estimate of drug-likeness (QED) is 0.492. The Morgan fingerprint density at radius 3 is 2.39 bits per heavy atom. The molecule has 23 heavy (non-hydrogen) atoms. The Morgan fingerprint density at radius 2 is 1.83 bits per heavy atom. The first kappa shape index (κ1) is 17.8. The van der Waals surface area contributed by atoms with E-state index in [-0.39, 0.29) is 0 Å². The van der Waals surface area contributed by atoms with E-state index in [0.717, 1.165) is 0 Å². The van der Waals surface area contributed by atoms with Crippen molar-refractivity contribution in [1.82, 2.24) is 0 Å². The van der Waals surface area contributed by atoms with Crippen LogP contribution < -0.4 is 0 Å². The number of carbonyl (C=O) groups is 1. The third-order valence-corrected chi connectivity index (χ3v) is 3.64. The van der Waals surface area contributed by atoms with Crippen molar-refractivity contribution in [3.05, 3.63) is 35.9 Å². The zero-order chi connectivity index (χ0) is 17.0. The van der Waals surface area contributed by atoms with Crippen LogP contribution in [-0.2, 0) is 19.0 Å². The number of hydrogen-bond acceptors (Lipinski definition) is 8. The van der Waals surface area contributed by atoms with E-state index in [0.29, 0.717) is 5.56 Å². The summed E-state index contributed by atoms with van der Waals surface area (Å²) in [5.74, 6) is -0.715. The molecule has 1 fully saturated rings. The minimum absolute atomic E-state index is 0.469. The van der Waals surface area contributed by atoms with Crippen molar-refractivity contribution in [2.75, 3.05) is 13.7 Å². The van der Waals surface area contributed by atoms with Crippen molar-refractivity contribution in [1.29, 1.82) is 0 Å². The second-order valence-corrected chi connectivity index (χ2v) is 5.15. The van der Waals surface area contributed by atoms with E-state index >= 15 is 0 Å². The monoisotopic (exact) mass is 328 g/mol. The molecule has 5 unspecified atom stereocenters. The molecule has 1 aliphatic rings. The lowest BCUT2D eigenvalue weighted by molar-refractivity contribution is -0.311. The van der Waals surface area contributed by atoms with Gasteiger partial charge in [0.25, 0.3) is 0 Å². The molecule has 2 rings (SSSR count). The lowest BCUT2D eigenvalue weighted by Gasteiger charge is -2.40. The maximum Gasteiger partial charge on any atom is 0.339 e. The van der Waals surface area contributed by atoms with Gasteiger partial charge in [-0.2, -0.15) is 0 Å². The zero-order valence-corrected chi connectivity index (χ0v) is 12.5. The Bertz CT molecular complexity index is 505. The van der Waals surface area contributed by atoms with Crippen molar-refractivity contribution in [3.63, 3.8) is 0 Å². The summed E-state index contributed by atoms with van der Waals surface area (Å²) in [6.45, 7) is -0.584. The molecule has 0 amide bonds. The molecule has 1 aromatic carbocycles. The SMILES string of the molecule is COC(=O)[C@H](OC1OC(CO)C(O)C(O)C1O)c1ccccc1. The summed E-state index contributed by atoms with van der Waals surface area (Å²) in [5.41, 5.74) is 0.469. The summed E-state index contributed by atoms with van der Waals surface area (Å²) >= 11 is 0. The number of aliphatic hydroxyl groups excluding tert-OH is 4. The smallest absolute Gasteiger partial charge is 0.339 e. The fourth-order valence-electron chi connectivity index (χ4n) is 2.32. The highest BCUT2D eigenvalue weighted by Crippen LogP contribution is 2.28. The second kappa shape index (κ2) is 7.82. The molecule has 0 radical (unpaired) electrons. The number of carbonyl (C=O) groups excluding carboxylic acids is 1. The Labute approximate surface area is 132 Å². The van der Waals surface area contributed by atoms with Crippen LogP contribution in [0.25, 0.3) is 0 Å². The van der Waals surface area contributed by atoms with Crippen LogP contribution in [0.5, 0.6) is 0 Å². The fraction of sp³-hybridized carbons (Fsp3) is 0.533. The number of ether oxygens (including phenoxy) is 3. The minimum atomic E-state index is -1.59. The Kier molecular flexibility index (Phi) is 6.05. The molecule has 0 bridgehead atoms. The largest absolute Gasteiger partial charge is 0.467 e. The van der Waals surface area contributed by atoms with Crippen molar-refractivity contribution in [2.45, 2.75) is 36.8 Å². The van der Waals surface area contributed by atoms with Crippen molar-refractivity contribution in [2.24, 2.45) is 0 Å². The number of aliphatic hydroxyl groups is 4. The standard InChI is InChI=1S/C15H20O8/c1-21-14(20)13(8-5-3-2-4-6-8)23-15-12(19)11(18)10(17)9(7-16)22-15/h2-6,9-13,15-19H,7H2,1H3/t9?,10?,11?,12?,13-,15?/m1/s1. The molecule has 0 saturated carbocycles. The van der Waals surface area contributed by atoms with Crippen LogP contribution in [0.4, 0.5) is 0 Å². The van der Waals surface area contributed by atoms with Crippen LogP contribution in [-0.4, -0.2) is 70.8 Å². The molecule has 1 aliphatic heterocycles. The minimum Gasteiger partial charge on any atom is -0.467 e. The van der Waals surface area contributed by atoms with Crippen LogP contribution in [0, 0.1) is 0 Å². The van der Waals surface area contributed by atoms with Gasteiger partial charge in [-0.25, -0.2) is 4.79 Å². The number of benzene rings is 1. The molecule has 4 N–H and O–H groups in total. The molecule has 1 heterocycles. The third kappa shape index (κ3) is 3.86. The summed E-state index contributed by atoms with van der Waals surface area (Å²) in [6.07, 6.45) is -8.41. The number of rotatable bonds is 5. The van der Waals surface area contributed by atoms with Crippen LogP contribution in [0.2, 0.25) is 0 Å². The number of methoxy groups -OCH3 is 1. The van der Waals surface area contributed by atoms with Gasteiger partial charge in [0, 0.05) is 0 Å². The van der Waals surface area contributed by atoms with Gasteiger partial charge in [0.2, 0.25) is 0 Å². The topological polar surface area (TPSA) is 126 Å². The van der Waals surface area contributed by atoms with E-state index < -0.39 is 49.4 Å². The van der Waals surface area contributed by atoms with Crippen LogP contribution in [0.3, 0.4) is 0 Å². The molecule has 0 aliphatic carbocycles. The van der Waals surface area contributed by atoms with E-state index in [1.54, 1.807) is 30.3 Å². The maximum absolute atomic E-state index is 11.9. The average Bonchev–Trinajstić information content (AvgIpc) is 2.59. The Morgan fingerprint density at radius 1 is 1.17 bits per heavy atom. The summed E-state index contributed by atoms with van der Waals surface area (Å²) in [6, 6.07) is 8.41. The van der Waals surface area contributed by atoms with E-state index in [1.807, 2.05) is 0 Å². The molecule has 1 saturated heterocycles. The Balaban J connectivity index is 2.20. The van der Waals surface area contributed by atoms with Gasteiger partial charge in [0.1, 0.15) is 24.4 Å². The third-order valence-electron chi connectivity index (χ3n) is 3.64. The van der Waals surface area contributed by atoms with Crippen LogP contribution in [0.1, 0.15) is 11.7 Å². The lowest BCUT2D eigenvalue weighted by atomic mass is 9.99. The summed E-state index contributed by atoms with van der Waals surface area (Å²) < 4.78 is 15.4. The van der Waals surface area contributed by atoms with Gasteiger partial charge in [-0.05, 0) is 5.56 Å². The average molecular weight is 328 g/mol. The van der Waals surface area contributed by atoms with Gasteiger partial charge < -0.3 is 34.6 Å². The number of esters is 1. The summed E-state index contributed by atoms with van der Waals surface area (Å²) in [5, 5.41) is 38.6. The van der Waals surface area contributed by atoms with Crippen molar-refractivity contribution >= 4 is 5.97 Å². The maximum atomic E-state index is 11.9. The van der Waals surface area contributed by atoms with Crippen LogP contribution >= 0.6 is 0 Å². The van der Waals surface area contributed by atoms with Gasteiger partial charge in [0.05, 0.1) is 13.7 Å². The van der Waals surface area contributed by atoms with E-state index in [2.05, 4.69) is 4.74 Å². The van der Waals surface area contributed by atoms with Crippen molar-refractivity contribution < 1.29 is 39.4 Å². The van der Waals surface area contributed by atoms with Crippen molar-refractivity contribution in [3.8, 4) is 0 Å². The van der Waals surface area contributed by atoms with Gasteiger partial charge in [-0.1, -0.05) is 30.3 Å². The van der Waals surface area contributed by atoms with Crippen LogP contribution in [0.15, 0.2) is 30.3 Å². The fourth-order valence-corrected chi connectivity index (χ4v) is 2.32. The zero-order valence-electron chi connectivity index (χ0n) is 12.5. The van der Waals surface area contributed by atoms with Gasteiger partial charge in [-0.3, -0.25) is 0 Å². The first-order valence-electron chi connectivity index (χ1n) is 7.08. The predicted octanol–water partition coefficient (Wildman–Crippen LogP) is -1.28. The molecule has 0 spiro atoms. The highest BCUT2D eigenvalue weighted by Gasteiger charge is 2.45.